The Bertz CT molecular complexity index is 764. The summed E-state index contributed by atoms with van der Waals surface area (Å²) in [6.45, 7) is 0. The summed E-state index contributed by atoms with van der Waals surface area (Å²) >= 11 is 3.62. The van der Waals surface area contributed by atoms with Crippen LogP contribution < -0.4 is 9.47 Å². The number of aromatic nitrogens is 1. The number of fused-ring (bicyclic) bond motifs is 1. The Morgan fingerprint density at radius 3 is 2.50 bits per heavy atom. The standard InChI is InChI=1S/C16H14BrNO2/c1-19-12-7-8-15(20-2)14(10-12)18-13-6-4-3-5-11(13)9-16(18)17/h3-10H,1-2H3. The molecule has 0 unspecified atom stereocenters. The topological polar surface area (TPSA) is 23.4 Å². The van der Waals surface area contributed by atoms with Crippen LogP contribution in [0, 0.1) is 0 Å². The Labute approximate surface area is 125 Å². The molecule has 0 N–H and O–H groups in total. The van der Waals surface area contributed by atoms with Crippen LogP contribution in [0.25, 0.3) is 16.6 Å². The number of hydrogen-bond acceptors (Lipinski definition) is 2. The SMILES string of the molecule is COc1ccc(OC)c(-n2c(Br)cc3ccccc32)c1. The van der Waals surface area contributed by atoms with E-state index in [4.69, 9.17) is 9.47 Å². The lowest BCUT2D eigenvalue weighted by molar-refractivity contribution is 0.401. The summed E-state index contributed by atoms with van der Waals surface area (Å²) in [5.74, 6) is 1.60. The highest BCUT2D eigenvalue weighted by atomic mass is 79.9. The second-order valence-electron chi connectivity index (χ2n) is 4.40. The summed E-state index contributed by atoms with van der Waals surface area (Å²) in [5.41, 5.74) is 2.06. The maximum atomic E-state index is 5.48. The first-order valence-corrected chi connectivity index (χ1v) is 7.02. The van der Waals surface area contributed by atoms with Gasteiger partial charge in [0.25, 0.3) is 0 Å². The largest absolute Gasteiger partial charge is 0.497 e. The Hall–Kier alpha value is -1.94. The second kappa shape index (κ2) is 5.21. The fraction of sp³-hybridized carbons (Fsp3) is 0.125. The van der Waals surface area contributed by atoms with Crippen LogP contribution in [0.5, 0.6) is 11.5 Å². The number of hydrogen-bond donors (Lipinski definition) is 0. The average Bonchev–Trinajstić information content (AvgIpc) is 2.82. The van der Waals surface area contributed by atoms with E-state index in [9.17, 15) is 0 Å². The van der Waals surface area contributed by atoms with Crippen molar-refractivity contribution in [3.8, 4) is 17.2 Å². The third kappa shape index (κ3) is 2.06. The van der Waals surface area contributed by atoms with E-state index < -0.39 is 0 Å². The van der Waals surface area contributed by atoms with Gasteiger partial charge in [0.2, 0.25) is 0 Å². The van der Waals surface area contributed by atoms with Gasteiger partial charge in [0.15, 0.2) is 0 Å². The van der Waals surface area contributed by atoms with Crippen molar-refractivity contribution in [2.75, 3.05) is 14.2 Å². The Morgan fingerprint density at radius 2 is 1.75 bits per heavy atom. The normalized spacial score (nSPS) is 10.8. The zero-order valence-electron chi connectivity index (χ0n) is 11.3. The molecule has 0 atom stereocenters. The van der Waals surface area contributed by atoms with Crippen LogP contribution in [-0.4, -0.2) is 18.8 Å². The fourth-order valence-corrected chi connectivity index (χ4v) is 2.97. The third-order valence-corrected chi connectivity index (χ3v) is 3.88. The van der Waals surface area contributed by atoms with E-state index in [-0.39, 0.29) is 0 Å². The monoisotopic (exact) mass is 331 g/mol. The van der Waals surface area contributed by atoms with E-state index in [1.54, 1.807) is 14.2 Å². The molecular formula is C16H14BrNO2. The average molecular weight is 332 g/mol. The van der Waals surface area contributed by atoms with E-state index >= 15 is 0 Å². The quantitative estimate of drug-likeness (QED) is 0.709. The lowest BCUT2D eigenvalue weighted by Crippen LogP contribution is -1.99. The van der Waals surface area contributed by atoms with Crippen molar-refractivity contribution in [2.45, 2.75) is 0 Å². The van der Waals surface area contributed by atoms with Crippen LogP contribution in [0.4, 0.5) is 0 Å². The molecule has 0 amide bonds. The molecule has 3 nitrogen and oxygen atoms in total. The van der Waals surface area contributed by atoms with Gasteiger partial charge in [0, 0.05) is 11.5 Å². The van der Waals surface area contributed by atoms with Crippen LogP contribution >= 0.6 is 15.9 Å². The number of halogens is 1. The number of benzene rings is 2. The highest BCUT2D eigenvalue weighted by Gasteiger charge is 2.13. The van der Waals surface area contributed by atoms with E-state index in [2.05, 4.69) is 38.7 Å². The summed E-state index contributed by atoms with van der Waals surface area (Å²) in [5, 5.41) is 1.17. The lowest BCUT2D eigenvalue weighted by atomic mass is 10.2. The van der Waals surface area contributed by atoms with Gasteiger partial charge in [0.1, 0.15) is 11.5 Å². The van der Waals surface area contributed by atoms with Gasteiger partial charge in [-0.2, -0.15) is 0 Å². The van der Waals surface area contributed by atoms with Crippen molar-refractivity contribution < 1.29 is 9.47 Å². The summed E-state index contributed by atoms with van der Waals surface area (Å²) in [6, 6.07) is 16.1. The smallest absolute Gasteiger partial charge is 0.143 e. The molecule has 3 aromatic rings. The Balaban J connectivity index is 2.32. The molecule has 1 aromatic heterocycles. The fourth-order valence-electron chi connectivity index (χ4n) is 2.34. The molecule has 0 aliphatic rings. The van der Waals surface area contributed by atoms with Crippen molar-refractivity contribution in [3.63, 3.8) is 0 Å². The maximum absolute atomic E-state index is 5.48. The van der Waals surface area contributed by atoms with Crippen molar-refractivity contribution >= 4 is 26.8 Å². The number of ether oxygens (including phenoxy) is 2. The van der Waals surface area contributed by atoms with Gasteiger partial charge >= 0.3 is 0 Å². The van der Waals surface area contributed by atoms with Gasteiger partial charge in [-0.05, 0) is 40.2 Å². The van der Waals surface area contributed by atoms with Crippen LogP contribution in [0.3, 0.4) is 0 Å². The molecule has 1 heterocycles. The highest BCUT2D eigenvalue weighted by Crippen LogP contribution is 2.34. The van der Waals surface area contributed by atoms with Crippen molar-refractivity contribution in [1.82, 2.24) is 4.57 Å². The van der Waals surface area contributed by atoms with Gasteiger partial charge in [0.05, 0.1) is 30.0 Å². The molecule has 0 saturated carbocycles. The molecule has 20 heavy (non-hydrogen) atoms. The molecule has 0 spiro atoms. The van der Waals surface area contributed by atoms with Crippen LogP contribution in [0.2, 0.25) is 0 Å². The van der Waals surface area contributed by atoms with Crippen molar-refractivity contribution in [3.05, 3.63) is 53.1 Å². The van der Waals surface area contributed by atoms with E-state index in [1.165, 1.54) is 5.39 Å². The molecule has 0 fully saturated rings. The summed E-state index contributed by atoms with van der Waals surface area (Å²) in [7, 11) is 3.33. The second-order valence-corrected chi connectivity index (χ2v) is 5.21. The minimum absolute atomic E-state index is 0.797. The molecule has 0 radical (unpaired) electrons. The van der Waals surface area contributed by atoms with E-state index in [0.717, 1.165) is 27.3 Å². The minimum Gasteiger partial charge on any atom is -0.497 e. The van der Waals surface area contributed by atoms with Crippen molar-refractivity contribution in [2.24, 2.45) is 0 Å². The molecule has 3 rings (SSSR count). The van der Waals surface area contributed by atoms with Gasteiger partial charge in [-0.1, -0.05) is 18.2 Å². The first kappa shape index (κ1) is 13.1. The molecule has 102 valence electrons. The number of para-hydroxylation sites is 1. The van der Waals surface area contributed by atoms with Crippen LogP contribution in [0.1, 0.15) is 0 Å². The predicted molar refractivity (Wildman–Crippen MR) is 84.1 cm³/mol. The van der Waals surface area contributed by atoms with Crippen molar-refractivity contribution in [1.29, 1.82) is 0 Å². The molecule has 0 bridgehead atoms. The Kier molecular flexibility index (Phi) is 3.40. The van der Waals surface area contributed by atoms with E-state index in [0.29, 0.717) is 0 Å². The van der Waals surface area contributed by atoms with Gasteiger partial charge in [-0.3, -0.25) is 0 Å². The molecule has 0 saturated heterocycles. The molecule has 0 aliphatic heterocycles. The highest BCUT2D eigenvalue weighted by molar-refractivity contribution is 9.10. The third-order valence-electron chi connectivity index (χ3n) is 3.29. The summed E-state index contributed by atoms with van der Waals surface area (Å²) in [6.07, 6.45) is 0. The zero-order chi connectivity index (χ0) is 14.1. The van der Waals surface area contributed by atoms with Gasteiger partial charge in [-0.15, -0.1) is 0 Å². The van der Waals surface area contributed by atoms with Crippen LogP contribution in [-0.2, 0) is 0 Å². The minimum atomic E-state index is 0.797. The molecule has 0 aliphatic carbocycles. The number of rotatable bonds is 3. The summed E-state index contributed by atoms with van der Waals surface area (Å²) < 4.78 is 13.9. The molecular weight excluding hydrogens is 318 g/mol. The molecule has 2 aromatic carbocycles. The van der Waals surface area contributed by atoms with E-state index in [1.807, 2.05) is 30.3 Å². The zero-order valence-corrected chi connectivity index (χ0v) is 12.8. The number of methoxy groups -OCH3 is 2. The lowest BCUT2D eigenvalue weighted by Gasteiger charge is -2.13. The van der Waals surface area contributed by atoms with Gasteiger partial charge < -0.3 is 14.0 Å². The first-order chi connectivity index (χ1) is 9.74. The number of nitrogens with zero attached hydrogens (tertiary/aromatic N) is 1. The maximum Gasteiger partial charge on any atom is 0.143 e. The first-order valence-electron chi connectivity index (χ1n) is 6.23. The summed E-state index contributed by atoms with van der Waals surface area (Å²) in [4.78, 5) is 0. The van der Waals surface area contributed by atoms with Crippen LogP contribution in [0.15, 0.2) is 53.1 Å². The Morgan fingerprint density at radius 1 is 0.950 bits per heavy atom. The molecule has 4 heteroatoms. The van der Waals surface area contributed by atoms with Gasteiger partial charge in [-0.25, -0.2) is 0 Å². The predicted octanol–water partition coefficient (Wildman–Crippen LogP) is 4.41.